The quantitative estimate of drug-likeness (QED) is 0.742. The molecule has 110 valence electrons. The molecule has 2 N–H and O–H groups in total. The number of ether oxygens (including phenoxy) is 1. The van der Waals surface area contributed by atoms with Crippen molar-refractivity contribution in [2.75, 3.05) is 19.8 Å². The van der Waals surface area contributed by atoms with Crippen LogP contribution >= 0.6 is 0 Å². The molecule has 1 amide bonds. The summed E-state index contributed by atoms with van der Waals surface area (Å²) in [7, 11) is 0. The van der Waals surface area contributed by atoms with Gasteiger partial charge in [0.05, 0.1) is 18.5 Å². The molecule has 0 radical (unpaired) electrons. The second-order valence-electron chi connectivity index (χ2n) is 4.47. The number of rotatable bonds is 7. The summed E-state index contributed by atoms with van der Waals surface area (Å²) in [4.78, 5) is 26.4. The number of fused-ring (bicyclic) bond motifs is 1. The first-order chi connectivity index (χ1) is 10.2. The van der Waals surface area contributed by atoms with E-state index in [2.05, 4.69) is 10.3 Å². The van der Waals surface area contributed by atoms with Crippen molar-refractivity contribution in [3.8, 4) is 0 Å². The third-order valence-electron chi connectivity index (χ3n) is 2.86. The monoisotopic (exact) mass is 288 g/mol. The lowest BCUT2D eigenvalue weighted by Crippen LogP contribution is -2.29. The number of carboxylic acid groups (broad SMARTS) is 1. The van der Waals surface area contributed by atoms with Gasteiger partial charge in [-0.25, -0.2) is 4.79 Å². The summed E-state index contributed by atoms with van der Waals surface area (Å²) in [6.07, 6.45) is 1.93. The Bertz CT molecular complexity index is 637. The minimum absolute atomic E-state index is 0.146. The second kappa shape index (κ2) is 7.35. The normalized spacial score (nSPS) is 10.5. The largest absolute Gasteiger partial charge is 0.480 e. The van der Waals surface area contributed by atoms with Gasteiger partial charge in [-0.15, -0.1) is 0 Å². The van der Waals surface area contributed by atoms with E-state index in [-0.39, 0.29) is 32.1 Å². The summed E-state index contributed by atoms with van der Waals surface area (Å²) in [6, 6.07) is 9.51. The van der Waals surface area contributed by atoms with Crippen LogP contribution in [-0.4, -0.2) is 41.7 Å². The second-order valence-corrected chi connectivity index (χ2v) is 4.47. The van der Waals surface area contributed by atoms with Crippen molar-refractivity contribution in [3.63, 3.8) is 0 Å². The first-order valence-corrected chi connectivity index (χ1v) is 6.55. The van der Waals surface area contributed by atoms with E-state index in [1.807, 2.05) is 30.3 Å². The SMILES string of the molecule is O=C(O)COCCNC(=O)Cc1cccc2cccnc12. The molecule has 0 saturated carbocycles. The van der Waals surface area contributed by atoms with Gasteiger partial charge >= 0.3 is 5.97 Å². The van der Waals surface area contributed by atoms with Crippen LogP contribution in [0.1, 0.15) is 5.56 Å². The van der Waals surface area contributed by atoms with Gasteiger partial charge in [-0.3, -0.25) is 9.78 Å². The number of para-hydroxylation sites is 1. The molecule has 1 aromatic heterocycles. The van der Waals surface area contributed by atoms with E-state index in [1.54, 1.807) is 6.20 Å². The summed E-state index contributed by atoms with van der Waals surface area (Å²) in [6.45, 7) is 0.0965. The van der Waals surface area contributed by atoms with Crippen LogP contribution in [0.2, 0.25) is 0 Å². The molecule has 1 heterocycles. The van der Waals surface area contributed by atoms with Gasteiger partial charge in [0.1, 0.15) is 6.61 Å². The Balaban J connectivity index is 1.86. The Labute approximate surface area is 121 Å². The standard InChI is InChI=1S/C15H16N2O4/c18-13(16-7-8-21-10-14(19)20)9-12-4-1-3-11-5-2-6-17-15(11)12/h1-6H,7-10H2,(H,16,18)(H,19,20). The molecule has 2 aromatic rings. The highest BCUT2D eigenvalue weighted by Crippen LogP contribution is 2.16. The van der Waals surface area contributed by atoms with Crippen LogP contribution < -0.4 is 5.32 Å². The fourth-order valence-electron chi connectivity index (χ4n) is 1.97. The molecule has 0 aliphatic carbocycles. The summed E-state index contributed by atoms with van der Waals surface area (Å²) in [5.74, 6) is -1.17. The molecule has 0 atom stereocenters. The van der Waals surface area contributed by atoms with Gasteiger partial charge in [-0.05, 0) is 11.6 Å². The van der Waals surface area contributed by atoms with Gasteiger partial charge in [0.25, 0.3) is 0 Å². The van der Waals surface area contributed by atoms with Crippen LogP contribution in [-0.2, 0) is 20.7 Å². The van der Waals surface area contributed by atoms with E-state index in [0.717, 1.165) is 16.5 Å². The van der Waals surface area contributed by atoms with Crippen LogP contribution in [0.5, 0.6) is 0 Å². The van der Waals surface area contributed by atoms with Crippen LogP contribution in [0, 0.1) is 0 Å². The zero-order chi connectivity index (χ0) is 15.1. The lowest BCUT2D eigenvalue weighted by Gasteiger charge is -2.07. The number of carbonyl (C=O) groups excluding carboxylic acids is 1. The van der Waals surface area contributed by atoms with Crippen molar-refractivity contribution < 1.29 is 19.4 Å². The summed E-state index contributed by atoms with van der Waals surface area (Å²) in [5.41, 5.74) is 1.68. The Hall–Kier alpha value is -2.47. The van der Waals surface area contributed by atoms with E-state index in [4.69, 9.17) is 9.84 Å². The van der Waals surface area contributed by atoms with Gasteiger partial charge in [0, 0.05) is 18.1 Å². The zero-order valence-corrected chi connectivity index (χ0v) is 11.4. The number of benzene rings is 1. The minimum atomic E-state index is -1.02. The Kier molecular flexibility index (Phi) is 5.22. The molecule has 0 unspecified atom stereocenters. The number of nitrogens with zero attached hydrogens (tertiary/aromatic N) is 1. The first kappa shape index (κ1) is 14.9. The maximum Gasteiger partial charge on any atom is 0.329 e. The van der Waals surface area contributed by atoms with Gasteiger partial charge in [0.15, 0.2) is 0 Å². The molecule has 2 rings (SSSR count). The van der Waals surface area contributed by atoms with E-state index in [0.29, 0.717) is 0 Å². The molecule has 0 aliphatic rings. The fourth-order valence-corrected chi connectivity index (χ4v) is 1.97. The zero-order valence-electron chi connectivity index (χ0n) is 11.4. The number of aliphatic carboxylic acids is 1. The third-order valence-corrected chi connectivity index (χ3v) is 2.86. The predicted molar refractivity (Wildman–Crippen MR) is 76.9 cm³/mol. The maximum atomic E-state index is 11.8. The molecule has 0 saturated heterocycles. The average Bonchev–Trinajstić information content (AvgIpc) is 2.47. The number of amides is 1. The molecule has 21 heavy (non-hydrogen) atoms. The smallest absolute Gasteiger partial charge is 0.329 e. The van der Waals surface area contributed by atoms with Crippen molar-refractivity contribution in [2.45, 2.75) is 6.42 Å². The number of hydrogen-bond acceptors (Lipinski definition) is 4. The molecule has 0 bridgehead atoms. The molecule has 0 aliphatic heterocycles. The van der Waals surface area contributed by atoms with Crippen LogP contribution in [0.15, 0.2) is 36.5 Å². The van der Waals surface area contributed by atoms with E-state index >= 15 is 0 Å². The number of carboxylic acids is 1. The number of pyridine rings is 1. The minimum Gasteiger partial charge on any atom is -0.480 e. The van der Waals surface area contributed by atoms with Crippen LogP contribution in [0.25, 0.3) is 10.9 Å². The first-order valence-electron chi connectivity index (χ1n) is 6.55. The summed E-state index contributed by atoms with van der Waals surface area (Å²) in [5, 5.41) is 12.1. The molecular weight excluding hydrogens is 272 g/mol. The number of aromatic nitrogens is 1. The topological polar surface area (TPSA) is 88.5 Å². The van der Waals surface area contributed by atoms with E-state index in [9.17, 15) is 9.59 Å². The highest BCUT2D eigenvalue weighted by Gasteiger charge is 2.07. The molecular formula is C15H16N2O4. The number of hydrogen-bond donors (Lipinski definition) is 2. The average molecular weight is 288 g/mol. The van der Waals surface area contributed by atoms with Gasteiger partial charge in [-0.2, -0.15) is 0 Å². The lowest BCUT2D eigenvalue weighted by molar-refractivity contribution is -0.142. The third kappa shape index (κ3) is 4.54. The van der Waals surface area contributed by atoms with E-state index < -0.39 is 5.97 Å². The highest BCUT2D eigenvalue weighted by molar-refractivity contribution is 5.87. The number of carbonyl (C=O) groups is 2. The Morgan fingerprint density at radius 2 is 2.05 bits per heavy atom. The van der Waals surface area contributed by atoms with Crippen LogP contribution in [0.3, 0.4) is 0 Å². The van der Waals surface area contributed by atoms with Gasteiger partial charge < -0.3 is 15.2 Å². The molecule has 1 aromatic carbocycles. The molecule has 0 spiro atoms. The Morgan fingerprint density at radius 3 is 2.86 bits per heavy atom. The van der Waals surface area contributed by atoms with E-state index in [1.165, 1.54) is 0 Å². The fraction of sp³-hybridized carbons (Fsp3) is 0.267. The molecule has 6 heteroatoms. The van der Waals surface area contributed by atoms with Gasteiger partial charge in [-0.1, -0.05) is 24.3 Å². The van der Waals surface area contributed by atoms with Crippen molar-refractivity contribution >= 4 is 22.8 Å². The maximum absolute atomic E-state index is 11.8. The van der Waals surface area contributed by atoms with Crippen LogP contribution in [0.4, 0.5) is 0 Å². The predicted octanol–water partition coefficient (Wildman–Crippen LogP) is 0.995. The Morgan fingerprint density at radius 1 is 1.24 bits per heavy atom. The number of nitrogens with one attached hydrogen (secondary N) is 1. The van der Waals surface area contributed by atoms with Crippen molar-refractivity contribution in [1.29, 1.82) is 0 Å². The van der Waals surface area contributed by atoms with Crippen molar-refractivity contribution in [1.82, 2.24) is 10.3 Å². The molecule has 0 fully saturated rings. The summed E-state index contributed by atoms with van der Waals surface area (Å²) >= 11 is 0. The lowest BCUT2D eigenvalue weighted by atomic mass is 10.1. The summed E-state index contributed by atoms with van der Waals surface area (Å²) < 4.78 is 4.84. The van der Waals surface area contributed by atoms with Crippen molar-refractivity contribution in [2.24, 2.45) is 0 Å². The van der Waals surface area contributed by atoms with Crippen molar-refractivity contribution in [3.05, 3.63) is 42.1 Å². The van der Waals surface area contributed by atoms with Gasteiger partial charge in [0.2, 0.25) is 5.91 Å². The molecule has 6 nitrogen and oxygen atoms in total. The highest BCUT2D eigenvalue weighted by atomic mass is 16.5.